The molecule has 0 N–H and O–H groups in total. The maximum Gasteiger partial charge on any atom is 0.150 e. The fraction of sp³-hybridized carbons (Fsp3) is 0.278. The molecule has 19 heavy (non-hydrogen) atoms. The summed E-state index contributed by atoms with van der Waals surface area (Å²) >= 11 is 0. The molecule has 0 fully saturated rings. The molecular weight excluding hydrogens is 232 g/mol. The van der Waals surface area contributed by atoms with Crippen molar-refractivity contribution in [2.24, 2.45) is 0 Å². The minimum absolute atomic E-state index is 0.563. The first-order valence-corrected chi connectivity index (χ1v) is 6.92. The highest BCUT2D eigenvalue weighted by Gasteiger charge is 2.11. The lowest BCUT2D eigenvalue weighted by Gasteiger charge is -2.16. The van der Waals surface area contributed by atoms with E-state index in [2.05, 4.69) is 49.4 Å². The van der Waals surface area contributed by atoms with Gasteiger partial charge in [0.15, 0.2) is 0 Å². The predicted molar refractivity (Wildman–Crippen MR) is 79.6 cm³/mol. The van der Waals surface area contributed by atoms with E-state index >= 15 is 0 Å². The molecule has 98 valence electrons. The molecule has 1 heteroatoms. The normalized spacial score (nSPS) is 12.1. The van der Waals surface area contributed by atoms with E-state index in [0.29, 0.717) is 5.92 Å². The van der Waals surface area contributed by atoms with Gasteiger partial charge in [-0.1, -0.05) is 67.9 Å². The van der Waals surface area contributed by atoms with E-state index < -0.39 is 0 Å². The Balaban J connectivity index is 2.14. The molecule has 1 atom stereocenters. The van der Waals surface area contributed by atoms with Crippen LogP contribution < -0.4 is 0 Å². The second kappa shape index (κ2) is 6.89. The summed E-state index contributed by atoms with van der Waals surface area (Å²) in [6.07, 6.45) is 4.31. The monoisotopic (exact) mass is 252 g/mol. The minimum atomic E-state index is 0.563. The fourth-order valence-electron chi connectivity index (χ4n) is 2.48. The summed E-state index contributed by atoms with van der Waals surface area (Å²) in [6, 6.07) is 18.6. The standard InChI is InChI=1S/C18H20O/c1-2-6-18(17-7-4-3-5-8-17)13-15-9-11-16(14-19)12-10-15/h3-5,7-12,14,18H,2,6,13H2,1H3. The Labute approximate surface area is 115 Å². The Morgan fingerprint density at radius 1 is 1.00 bits per heavy atom. The van der Waals surface area contributed by atoms with Crippen molar-refractivity contribution in [2.45, 2.75) is 32.1 Å². The van der Waals surface area contributed by atoms with Crippen LogP contribution in [0.25, 0.3) is 0 Å². The van der Waals surface area contributed by atoms with Crippen molar-refractivity contribution in [3.63, 3.8) is 0 Å². The van der Waals surface area contributed by atoms with Crippen LogP contribution >= 0.6 is 0 Å². The quantitative estimate of drug-likeness (QED) is 0.685. The van der Waals surface area contributed by atoms with Gasteiger partial charge in [0.1, 0.15) is 6.29 Å². The fourth-order valence-corrected chi connectivity index (χ4v) is 2.48. The maximum atomic E-state index is 10.7. The first kappa shape index (κ1) is 13.5. The van der Waals surface area contributed by atoms with Gasteiger partial charge in [0, 0.05) is 5.56 Å². The van der Waals surface area contributed by atoms with Crippen molar-refractivity contribution in [1.82, 2.24) is 0 Å². The van der Waals surface area contributed by atoms with E-state index in [9.17, 15) is 4.79 Å². The molecule has 0 aromatic heterocycles. The summed E-state index contributed by atoms with van der Waals surface area (Å²) in [6.45, 7) is 2.23. The highest BCUT2D eigenvalue weighted by atomic mass is 16.1. The number of rotatable bonds is 6. The Hall–Kier alpha value is -1.89. The Morgan fingerprint density at radius 3 is 2.26 bits per heavy atom. The minimum Gasteiger partial charge on any atom is -0.298 e. The number of hydrogen-bond acceptors (Lipinski definition) is 1. The average molecular weight is 252 g/mol. The molecule has 0 spiro atoms. The van der Waals surface area contributed by atoms with Crippen molar-refractivity contribution >= 4 is 6.29 Å². The number of benzene rings is 2. The summed E-state index contributed by atoms with van der Waals surface area (Å²) in [5.74, 6) is 0.563. The van der Waals surface area contributed by atoms with Crippen LogP contribution in [0.4, 0.5) is 0 Å². The molecule has 0 aliphatic rings. The molecule has 0 amide bonds. The Kier molecular flexibility index (Phi) is 4.91. The first-order chi connectivity index (χ1) is 9.33. The number of hydrogen-bond donors (Lipinski definition) is 0. The molecule has 0 saturated heterocycles. The van der Waals surface area contributed by atoms with Crippen LogP contribution in [-0.4, -0.2) is 6.29 Å². The first-order valence-electron chi connectivity index (χ1n) is 6.92. The molecule has 2 aromatic carbocycles. The SMILES string of the molecule is CCCC(Cc1ccc(C=O)cc1)c1ccccc1. The second-order valence-electron chi connectivity index (χ2n) is 4.96. The van der Waals surface area contributed by atoms with Gasteiger partial charge in [-0.15, -0.1) is 0 Å². The molecule has 0 bridgehead atoms. The zero-order chi connectivity index (χ0) is 13.5. The van der Waals surface area contributed by atoms with Gasteiger partial charge < -0.3 is 0 Å². The van der Waals surface area contributed by atoms with Gasteiger partial charge in [-0.25, -0.2) is 0 Å². The van der Waals surface area contributed by atoms with Gasteiger partial charge >= 0.3 is 0 Å². The smallest absolute Gasteiger partial charge is 0.150 e. The Morgan fingerprint density at radius 2 is 1.68 bits per heavy atom. The molecule has 0 heterocycles. The molecule has 1 nitrogen and oxygen atoms in total. The van der Waals surface area contributed by atoms with Crippen molar-refractivity contribution in [2.75, 3.05) is 0 Å². The van der Waals surface area contributed by atoms with Gasteiger partial charge in [-0.05, 0) is 29.9 Å². The Bertz CT molecular complexity index is 499. The van der Waals surface area contributed by atoms with Crippen molar-refractivity contribution in [3.8, 4) is 0 Å². The van der Waals surface area contributed by atoms with E-state index in [-0.39, 0.29) is 0 Å². The van der Waals surface area contributed by atoms with E-state index in [1.165, 1.54) is 24.0 Å². The molecular formula is C18H20O. The van der Waals surface area contributed by atoms with Gasteiger partial charge in [0.2, 0.25) is 0 Å². The van der Waals surface area contributed by atoms with Crippen LogP contribution in [0, 0.1) is 0 Å². The molecule has 2 aromatic rings. The topological polar surface area (TPSA) is 17.1 Å². The van der Waals surface area contributed by atoms with Crippen molar-refractivity contribution in [3.05, 3.63) is 71.3 Å². The highest BCUT2D eigenvalue weighted by molar-refractivity contribution is 5.74. The highest BCUT2D eigenvalue weighted by Crippen LogP contribution is 2.25. The zero-order valence-electron chi connectivity index (χ0n) is 11.4. The zero-order valence-corrected chi connectivity index (χ0v) is 11.4. The van der Waals surface area contributed by atoms with Crippen LogP contribution in [0.15, 0.2) is 54.6 Å². The molecule has 0 aliphatic carbocycles. The van der Waals surface area contributed by atoms with Crippen LogP contribution in [0.5, 0.6) is 0 Å². The summed E-state index contributed by atoms with van der Waals surface area (Å²) in [4.78, 5) is 10.7. The summed E-state index contributed by atoms with van der Waals surface area (Å²) < 4.78 is 0. The molecule has 2 rings (SSSR count). The van der Waals surface area contributed by atoms with Crippen LogP contribution in [0.3, 0.4) is 0 Å². The summed E-state index contributed by atoms with van der Waals surface area (Å²) in [7, 11) is 0. The van der Waals surface area contributed by atoms with E-state index in [4.69, 9.17) is 0 Å². The van der Waals surface area contributed by atoms with Gasteiger partial charge in [0.05, 0.1) is 0 Å². The molecule has 1 unspecified atom stereocenters. The van der Waals surface area contributed by atoms with Crippen molar-refractivity contribution < 1.29 is 4.79 Å². The third-order valence-electron chi connectivity index (χ3n) is 3.51. The van der Waals surface area contributed by atoms with Crippen LogP contribution in [-0.2, 0) is 6.42 Å². The molecule has 0 saturated carbocycles. The van der Waals surface area contributed by atoms with Gasteiger partial charge in [-0.3, -0.25) is 4.79 Å². The molecule has 0 aliphatic heterocycles. The third kappa shape index (κ3) is 3.78. The number of carbonyl (C=O) groups is 1. The van der Waals surface area contributed by atoms with Crippen LogP contribution in [0.1, 0.15) is 47.2 Å². The second-order valence-corrected chi connectivity index (χ2v) is 4.96. The number of carbonyl (C=O) groups excluding carboxylic acids is 1. The lowest BCUT2D eigenvalue weighted by molar-refractivity contribution is 0.112. The van der Waals surface area contributed by atoms with Gasteiger partial charge in [-0.2, -0.15) is 0 Å². The van der Waals surface area contributed by atoms with E-state index in [1.807, 2.05) is 12.1 Å². The third-order valence-corrected chi connectivity index (χ3v) is 3.51. The lowest BCUT2D eigenvalue weighted by atomic mass is 9.88. The summed E-state index contributed by atoms with van der Waals surface area (Å²) in [5.41, 5.74) is 3.45. The predicted octanol–water partition coefficient (Wildman–Crippen LogP) is 4.63. The van der Waals surface area contributed by atoms with Gasteiger partial charge in [0.25, 0.3) is 0 Å². The lowest BCUT2D eigenvalue weighted by Crippen LogP contribution is -2.03. The maximum absolute atomic E-state index is 10.7. The number of aldehydes is 1. The molecule has 0 radical (unpaired) electrons. The van der Waals surface area contributed by atoms with Crippen molar-refractivity contribution in [1.29, 1.82) is 0 Å². The van der Waals surface area contributed by atoms with E-state index in [0.717, 1.165) is 18.3 Å². The largest absolute Gasteiger partial charge is 0.298 e. The summed E-state index contributed by atoms with van der Waals surface area (Å²) in [5, 5.41) is 0. The average Bonchev–Trinajstić information content (AvgIpc) is 2.48. The van der Waals surface area contributed by atoms with Crippen LogP contribution in [0.2, 0.25) is 0 Å². The van der Waals surface area contributed by atoms with E-state index in [1.54, 1.807) is 0 Å².